The Kier molecular flexibility index (Phi) is 5.84. The van der Waals surface area contributed by atoms with E-state index >= 15 is 0 Å². The summed E-state index contributed by atoms with van der Waals surface area (Å²) in [7, 11) is -4.13. The van der Waals surface area contributed by atoms with Crippen LogP contribution in [0.25, 0.3) is 0 Å². The van der Waals surface area contributed by atoms with Crippen molar-refractivity contribution in [2.75, 3.05) is 6.61 Å². The maximum Gasteiger partial charge on any atom is 0.243 e. The Morgan fingerprint density at radius 3 is 2.26 bits per heavy atom. The Hall–Kier alpha value is -1.80. The zero-order chi connectivity index (χ0) is 16.9. The van der Waals surface area contributed by atoms with Crippen molar-refractivity contribution < 1.29 is 23.0 Å². The van der Waals surface area contributed by atoms with E-state index in [0.717, 1.165) is 12.1 Å². The quantitative estimate of drug-likeness (QED) is 0.715. The number of halogens is 1. The summed E-state index contributed by atoms with van der Waals surface area (Å²) < 4.78 is 40.3. The monoisotopic (exact) mass is 339 g/mol. The van der Waals surface area contributed by atoms with E-state index in [1.165, 1.54) is 12.1 Å². The van der Waals surface area contributed by atoms with Crippen LogP contribution in [0, 0.1) is 5.82 Å². The molecule has 124 valence electrons. The molecule has 0 bridgehead atoms. The average molecular weight is 339 g/mol. The highest BCUT2D eigenvalue weighted by Gasteiger charge is 2.24. The number of nitrogens with one attached hydrogen (secondary N) is 1. The molecule has 0 aromatic heterocycles. The fourth-order valence-electron chi connectivity index (χ4n) is 2.19. The minimum atomic E-state index is -4.13. The van der Waals surface area contributed by atoms with Crippen molar-refractivity contribution in [2.45, 2.75) is 23.5 Å². The highest BCUT2D eigenvalue weighted by atomic mass is 32.2. The van der Waals surface area contributed by atoms with Crippen LogP contribution in [0.4, 0.5) is 4.39 Å². The number of rotatable bonds is 7. The summed E-state index contributed by atoms with van der Waals surface area (Å²) in [4.78, 5) is -0.493. The molecule has 5 nitrogen and oxygen atoms in total. The highest BCUT2D eigenvalue weighted by molar-refractivity contribution is 7.89. The summed E-state index contributed by atoms with van der Waals surface area (Å²) in [6.45, 7) is -0.516. The number of hydrogen-bond acceptors (Lipinski definition) is 4. The summed E-state index contributed by atoms with van der Waals surface area (Å²) in [6.07, 6.45) is -0.981. The van der Waals surface area contributed by atoms with Gasteiger partial charge in [-0.3, -0.25) is 0 Å². The average Bonchev–Trinajstić information content (AvgIpc) is 2.55. The number of aliphatic hydroxyl groups is 2. The standard InChI is InChI=1S/C16H18FNO4S/c17-14-8-4-5-9-16(14)23(21,22)18-13(11-19)10-15(20)12-6-2-1-3-7-12/h1-9,13,15,18-20H,10-11H2/t13-,15+/m0/s1. The van der Waals surface area contributed by atoms with Crippen LogP contribution in [0.2, 0.25) is 0 Å². The zero-order valence-electron chi connectivity index (χ0n) is 12.3. The van der Waals surface area contributed by atoms with E-state index in [4.69, 9.17) is 0 Å². The first-order chi connectivity index (χ1) is 10.9. The number of benzene rings is 2. The van der Waals surface area contributed by atoms with E-state index in [1.807, 2.05) is 0 Å². The molecule has 2 aromatic carbocycles. The molecule has 0 unspecified atom stereocenters. The first-order valence-corrected chi connectivity index (χ1v) is 8.53. The molecule has 0 heterocycles. The molecule has 0 aliphatic heterocycles. The summed E-state index contributed by atoms with van der Waals surface area (Å²) in [6, 6.07) is 12.7. The Morgan fingerprint density at radius 2 is 1.65 bits per heavy atom. The molecule has 0 amide bonds. The van der Waals surface area contributed by atoms with Gasteiger partial charge in [-0.25, -0.2) is 17.5 Å². The predicted molar refractivity (Wildman–Crippen MR) is 83.6 cm³/mol. The topological polar surface area (TPSA) is 86.6 Å². The van der Waals surface area contributed by atoms with E-state index in [0.29, 0.717) is 5.56 Å². The van der Waals surface area contributed by atoms with Gasteiger partial charge in [0.15, 0.2) is 0 Å². The molecule has 0 aliphatic carbocycles. The maximum atomic E-state index is 13.6. The van der Waals surface area contributed by atoms with Gasteiger partial charge in [-0.15, -0.1) is 0 Å². The molecule has 2 rings (SSSR count). The minimum Gasteiger partial charge on any atom is -0.395 e. The third-order valence-electron chi connectivity index (χ3n) is 3.36. The predicted octanol–water partition coefficient (Wildman–Crippen LogP) is 1.59. The summed E-state index contributed by atoms with van der Waals surface area (Å²) in [5, 5.41) is 19.5. The Balaban J connectivity index is 2.12. The van der Waals surface area contributed by atoms with Crippen molar-refractivity contribution >= 4 is 10.0 Å². The molecule has 2 aromatic rings. The molecule has 3 N–H and O–H groups in total. The largest absolute Gasteiger partial charge is 0.395 e. The lowest BCUT2D eigenvalue weighted by molar-refractivity contribution is 0.136. The second-order valence-electron chi connectivity index (χ2n) is 5.09. The smallest absolute Gasteiger partial charge is 0.243 e. The van der Waals surface area contributed by atoms with E-state index in [2.05, 4.69) is 4.72 Å². The molecule has 0 fully saturated rings. The lowest BCUT2D eigenvalue weighted by Crippen LogP contribution is -2.38. The van der Waals surface area contributed by atoms with Crippen molar-refractivity contribution in [3.63, 3.8) is 0 Å². The van der Waals surface area contributed by atoms with Gasteiger partial charge in [-0.2, -0.15) is 0 Å². The van der Waals surface area contributed by atoms with Crippen LogP contribution in [0.3, 0.4) is 0 Å². The van der Waals surface area contributed by atoms with E-state index < -0.39 is 39.5 Å². The number of aliphatic hydroxyl groups excluding tert-OH is 2. The third-order valence-corrected chi connectivity index (χ3v) is 4.91. The van der Waals surface area contributed by atoms with Crippen LogP contribution < -0.4 is 4.72 Å². The lowest BCUT2D eigenvalue weighted by Gasteiger charge is -2.20. The van der Waals surface area contributed by atoms with Crippen molar-refractivity contribution in [2.24, 2.45) is 0 Å². The van der Waals surface area contributed by atoms with Gasteiger partial charge in [0.2, 0.25) is 10.0 Å². The van der Waals surface area contributed by atoms with Gasteiger partial charge in [-0.1, -0.05) is 42.5 Å². The molecule has 0 spiro atoms. The van der Waals surface area contributed by atoms with Gasteiger partial charge < -0.3 is 10.2 Å². The van der Waals surface area contributed by atoms with E-state index in [-0.39, 0.29) is 6.42 Å². The Bertz CT molecular complexity index is 737. The zero-order valence-corrected chi connectivity index (χ0v) is 13.1. The van der Waals surface area contributed by atoms with Crippen LogP contribution in [-0.2, 0) is 10.0 Å². The maximum absolute atomic E-state index is 13.6. The SMILES string of the molecule is O=S(=O)(N[C@H](CO)C[C@@H](O)c1ccccc1)c1ccccc1F. The van der Waals surface area contributed by atoms with Gasteiger partial charge >= 0.3 is 0 Å². The van der Waals surface area contributed by atoms with E-state index in [1.54, 1.807) is 30.3 Å². The van der Waals surface area contributed by atoms with Crippen LogP contribution in [0.5, 0.6) is 0 Å². The minimum absolute atomic E-state index is 0.0335. The van der Waals surface area contributed by atoms with Crippen LogP contribution in [0.1, 0.15) is 18.1 Å². The second-order valence-corrected chi connectivity index (χ2v) is 6.78. The first-order valence-electron chi connectivity index (χ1n) is 7.05. The molecular weight excluding hydrogens is 321 g/mol. The third kappa shape index (κ3) is 4.59. The Labute approximate surface area is 134 Å². The molecule has 23 heavy (non-hydrogen) atoms. The fourth-order valence-corrected chi connectivity index (χ4v) is 3.51. The Morgan fingerprint density at radius 1 is 1.04 bits per heavy atom. The van der Waals surface area contributed by atoms with Crippen LogP contribution >= 0.6 is 0 Å². The molecule has 0 radical (unpaired) electrons. The van der Waals surface area contributed by atoms with Gasteiger partial charge in [0.1, 0.15) is 10.7 Å². The van der Waals surface area contributed by atoms with Crippen molar-refractivity contribution in [3.8, 4) is 0 Å². The normalized spacial score (nSPS) is 14.4. The van der Waals surface area contributed by atoms with Crippen LogP contribution in [0.15, 0.2) is 59.5 Å². The van der Waals surface area contributed by atoms with Gasteiger partial charge in [0, 0.05) is 6.04 Å². The summed E-state index contributed by atoms with van der Waals surface area (Å²) in [5.41, 5.74) is 0.607. The molecule has 0 aliphatic rings. The summed E-state index contributed by atoms with van der Waals surface area (Å²) >= 11 is 0. The molecule has 0 saturated heterocycles. The molecular formula is C16H18FNO4S. The number of sulfonamides is 1. The lowest BCUT2D eigenvalue weighted by atomic mass is 10.0. The van der Waals surface area contributed by atoms with Gasteiger partial charge in [0.25, 0.3) is 0 Å². The van der Waals surface area contributed by atoms with Crippen molar-refractivity contribution in [1.82, 2.24) is 4.72 Å². The fraction of sp³-hybridized carbons (Fsp3) is 0.250. The second kappa shape index (κ2) is 7.65. The summed E-state index contributed by atoms with van der Waals surface area (Å²) in [5.74, 6) is -0.875. The van der Waals surface area contributed by atoms with Gasteiger partial charge in [0.05, 0.1) is 12.7 Å². The van der Waals surface area contributed by atoms with Gasteiger partial charge in [-0.05, 0) is 24.1 Å². The highest BCUT2D eigenvalue weighted by Crippen LogP contribution is 2.20. The molecule has 2 atom stereocenters. The van der Waals surface area contributed by atoms with Crippen molar-refractivity contribution in [3.05, 3.63) is 66.0 Å². The van der Waals surface area contributed by atoms with E-state index in [9.17, 15) is 23.0 Å². The molecule has 0 saturated carbocycles. The molecule has 7 heteroatoms. The number of hydrogen-bond donors (Lipinski definition) is 3. The first kappa shape index (κ1) is 17.6. The van der Waals surface area contributed by atoms with Crippen LogP contribution in [-0.4, -0.2) is 31.3 Å². The van der Waals surface area contributed by atoms with Crippen molar-refractivity contribution in [1.29, 1.82) is 0 Å².